The molecule has 0 aromatic rings. The monoisotopic (exact) mass is 350 g/mol. The normalized spacial score (nSPS) is 26.9. The number of hydrogen-bond donors (Lipinski definition) is 2. The zero-order chi connectivity index (χ0) is 16.4. The number of ether oxygens (including phenoxy) is 1. The van der Waals surface area contributed by atoms with Gasteiger partial charge in [0.05, 0.1) is 0 Å². The standard InChI is InChI=1S/C14H20Cl2N2O4/c1-13(8-14(13,15)16)11(20)22-7-10(19)18-12(21)17-9-5-3-2-4-6-9/h9H,2-8H2,1H3,(H2,17,18,19,21)/t13-/m0/s1. The van der Waals surface area contributed by atoms with Crippen molar-refractivity contribution in [2.75, 3.05) is 6.61 Å². The minimum Gasteiger partial charge on any atom is -0.455 e. The van der Waals surface area contributed by atoms with Crippen LogP contribution in [0.15, 0.2) is 0 Å². The van der Waals surface area contributed by atoms with Crippen LogP contribution in [0.4, 0.5) is 4.79 Å². The molecule has 3 amide bonds. The molecule has 22 heavy (non-hydrogen) atoms. The molecule has 2 aliphatic rings. The van der Waals surface area contributed by atoms with Crippen molar-refractivity contribution in [3.8, 4) is 0 Å². The number of esters is 1. The summed E-state index contributed by atoms with van der Waals surface area (Å²) in [6.45, 7) is 1.04. The highest BCUT2D eigenvalue weighted by atomic mass is 35.5. The Kier molecular flexibility index (Phi) is 5.22. The van der Waals surface area contributed by atoms with Gasteiger partial charge in [0, 0.05) is 12.5 Å². The van der Waals surface area contributed by atoms with Crippen molar-refractivity contribution < 1.29 is 19.1 Å². The molecule has 2 N–H and O–H groups in total. The third-order valence-electron chi connectivity index (χ3n) is 4.24. The predicted octanol–water partition coefficient (Wildman–Crippen LogP) is 2.27. The summed E-state index contributed by atoms with van der Waals surface area (Å²) in [6, 6.07) is -0.461. The van der Waals surface area contributed by atoms with E-state index in [0.29, 0.717) is 0 Å². The number of imide groups is 1. The largest absolute Gasteiger partial charge is 0.455 e. The SMILES string of the molecule is C[C@@]1(C(=O)OCC(=O)NC(=O)NC2CCCCC2)CC1(Cl)Cl. The molecule has 0 aliphatic heterocycles. The second-order valence-electron chi connectivity index (χ2n) is 6.15. The molecule has 0 saturated heterocycles. The number of amides is 3. The predicted molar refractivity (Wildman–Crippen MR) is 81.7 cm³/mol. The van der Waals surface area contributed by atoms with Crippen molar-refractivity contribution in [2.24, 2.45) is 5.41 Å². The van der Waals surface area contributed by atoms with Crippen LogP contribution in [-0.2, 0) is 14.3 Å². The van der Waals surface area contributed by atoms with Gasteiger partial charge in [0.25, 0.3) is 5.91 Å². The number of hydrogen-bond acceptors (Lipinski definition) is 4. The number of carbonyl (C=O) groups excluding carboxylic acids is 3. The molecule has 1 atom stereocenters. The lowest BCUT2D eigenvalue weighted by Crippen LogP contribution is -2.46. The quantitative estimate of drug-likeness (QED) is 0.601. The molecule has 2 saturated carbocycles. The minimum atomic E-state index is -1.14. The van der Waals surface area contributed by atoms with Gasteiger partial charge in [0.15, 0.2) is 6.61 Å². The van der Waals surface area contributed by atoms with E-state index in [0.717, 1.165) is 25.7 Å². The van der Waals surface area contributed by atoms with Crippen LogP contribution in [0.3, 0.4) is 0 Å². The topological polar surface area (TPSA) is 84.5 Å². The Balaban J connectivity index is 1.67. The van der Waals surface area contributed by atoms with E-state index in [1.54, 1.807) is 6.92 Å². The summed E-state index contributed by atoms with van der Waals surface area (Å²) >= 11 is 11.7. The Morgan fingerprint density at radius 2 is 1.77 bits per heavy atom. The van der Waals surface area contributed by atoms with Gasteiger partial charge in [0.2, 0.25) is 0 Å². The van der Waals surface area contributed by atoms with E-state index in [4.69, 9.17) is 27.9 Å². The molecule has 0 bridgehead atoms. The van der Waals surface area contributed by atoms with Crippen LogP contribution in [0.1, 0.15) is 45.4 Å². The van der Waals surface area contributed by atoms with Crippen molar-refractivity contribution in [3.63, 3.8) is 0 Å². The third-order valence-corrected chi connectivity index (χ3v) is 5.34. The van der Waals surface area contributed by atoms with E-state index in [-0.39, 0.29) is 12.5 Å². The molecule has 0 aromatic heterocycles. The van der Waals surface area contributed by atoms with Crippen molar-refractivity contribution in [3.05, 3.63) is 0 Å². The van der Waals surface area contributed by atoms with Crippen molar-refractivity contribution >= 4 is 41.1 Å². The van der Waals surface area contributed by atoms with Gasteiger partial charge >= 0.3 is 12.0 Å². The Bertz CT molecular complexity index is 477. The van der Waals surface area contributed by atoms with Crippen LogP contribution in [0, 0.1) is 5.41 Å². The summed E-state index contributed by atoms with van der Waals surface area (Å²) in [5.41, 5.74) is -0.985. The molecule has 0 radical (unpaired) electrons. The molecule has 2 aliphatic carbocycles. The van der Waals surface area contributed by atoms with Gasteiger partial charge in [-0.2, -0.15) is 0 Å². The van der Waals surface area contributed by atoms with Gasteiger partial charge in [0.1, 0.15) is 9.75 Å². The molecule has 0 spiro atoms. The molecule has 2 fully saturated rings. The number of halogens is 2. The first-order valence-electron chi connectivity index (χ1n) is 7.40. The second kappa shape index (κ2) is 6.62. The van der Waals surface area contributed by atoms with E-state index in [1.807, 2.05) is 0 Å². The highest BCUT2D eigenvalue weighted by molar-refractivity contribution is 6.53. The average Bonchev–Trinajstić information content (AvgIpc) is 2.97. The molecule has 0 aromatic carbocycles. The van der Waals surface area contributed by atoms with Gasteiger partial charge in [-0.25, -0.2) is 4.79 Å². The summed E-state index contributed by atoms with van der Waals surface area (Å²) in [7, 11) is 0. The zero-order valence-electron chi connectivity index (χ0n) is 12.4. The second-order valence-corrected chi connectivity index (χ2v) is 7.63. The van der Waals surface area contributed by atoms with E-state index in [9.17, 15) is 14.4 Å². The average molecular weight is 351 g/mol. The van der Waals surface area contributed by atoms with Gasteiger partial charge in [-0.1, -0.05) is 19.3 Å². The van der Waals surface area contributed by atoms with Gasteiger partial charge in [-0.3, -0.25) is 14.9 Å². The Hall–Kier alpha value is -1.01. The minimum absolute atomic E-state index is 0.0996. The highest BCUT2D eigenvalue weighted by Gasteiger charge is 2.69. The summed E-state index contributed by atoms with van der Waals surface area (Å²) in [6.07, 6.45) is 5.45. The van der Waals surface area contributed by atoms with Gasteiger partial charge in [-0.15, -0.1) is 23.2 Å². The highest BCUT2D eigenvalue weighted by Crippen LogP contribution is 2.64. The first-order chi connectivity index (χ1) is 10.2. The maximum absolute atomic E-state index is 11.8. The van der Waals surface area contributed by atoms with Crippen molar-refractivity contribution in [1.29, 1.82) is 0 Å². The fourth-order valence-electron chi connectivity index (χ4n) is 2.54. The smallest absolute Gasteiger partial charge is 0.321 e. The number of alkyl halides is 2. The summed E-state index contributed by atoms with van der Waals surface area (Å²) in [5.74, 6) is -1.32. The van der Waals surface area contributed by atoms with Crippen LogP contribution in [0.25, 0.3) is 0 Å². The van der Waals surface area contributed by atoms with Crippen LogP contribution in [0.2, 0.25) is 0 Å². The van der Waals surface area contributed by atoms with E-state index in [2.05, 4.69) is 10.6 Å². The molecule has 124 valence electrons. The Labute approximate surface area is 139 Å². The summed E-state index contributed by atoms with van der Waals surface area (Å²) in [5, 5.41) is 4.88. The number of nitrogens with one attached hydrogen (secondary N) is 2. The molecule has 2 rings (SSSR count). The number of carbonyl (C=O) groups is 3. The molecule has 0 heterocycles. The van der Waals surface area contributed by atoms with Crippen LogP contribution in [-0.4, -0.2) is 34.9 Å². The summed E-state index contributed by atoms with van der Waals surface area (Å²) < 4.78 is 3.72. The lowest BCUT2D eigenvalue weighted by Gasteiger charge is -2.22. The third kappa shape index (κ3) is 4.04. The van der Waals surface area contributed by atoms with E-state index >= 15 is 0 Å². The molecule has 0 unspecified atom stereocenters. The van der Waals surface area contributed by atoms with Crippen molar-refractivity contribution in [2.45, 2.75) is 55.8 Å². The maximum Gasteiger partial charge on any atom is 0.321 e. The Morgan fingerprint density at radius 1 is 1.18 bits per heavy atom. The van der Waals surface area contributed by atoms with E-state index in [1.165, 1.54) is 6.42 Å². The molecular formula is C14H20Cl2N2O4. The Morgan fingerprint density at radius 3 is 2.32 bits per heavy atom. The first-order valence-corrected chi connectivity index (χ1v) is 8.15. The van der Waals surface area contributed by atoms with Crippen LogP contribution in [0.5, 0.6) is 0 Å². The van der Waals surface area contributed by atoms with Crippen LogP contribution >= 0.6 is 23.2 Å². The molecule has 6 nitrogen and oxygen atoms in total. The number of urea groups is 1. The van der Waals surface area contributed by atoms with Crippen molar-refractivity contribution in [1.82, 2.24) is 10.6 Å². The lowest BCUT2D eigenvalue weighted by molar-refractivity contribution is -0.153. The van der Waals surface area contributed by atoms with Gasteiger partial charge in [-0.05, 0) is 19.8 Å². The molecule has 8 heteroatoms. The fraction of sp³-hybridized carbons (Fsp3) is 0.786. The first kappa shape index (κ1) is 17.3. The zero-order valence-corrected chi connectivity index (χ0v) is 13.9. The molecular weight excluding hydrogens is 331 g/mol. The van der Waals surface area contributed by atoms with E-state index < -0.39 is 34.3 Å². The number of rotatable bonds is 4. The lowest BCUT2D eigenvalue weighted by atomic mass is 9.96. The summed E-state index contributed by atoms with van der Waals surface area (Å²) in [4.78, 5) is 35.0. The van der Waals surface area contributed by atoms with Gasteiger partial charge < -0.3 is 10.1 Å². The van der Waals surface area contributed by atoms with Crippen LogP contribution < -0.4 is 10.6 Å². The maximum atomic E-state index is 11.8. The fourth-order valence-corrected chi connectivity index (χ4v) is 3.23.